The first kappa shape index (κ1) is 16.7. The molecule has 0 aliphatic carbocycles. The molecule has 0 radical (unpaired) electrons. The molecule has 0 bridgehead atoms. The number of carbonyl (C=O) groups is 2. The van der Waals surface area contributed by atoms with Crippen LogP contribution in [0.2, 0.25) is 0 Å². The zero-order valence-corrected chi connectivity index (χ0v) is 13.1. The average molecular weight is 317 g/mol. The molecule has 0 aliphatic heterocycles. The van der Waals surface area contributed by atoms with Gasteiger partial charge in [0.2, 0.25) is 5.91 Å². The molecule has 0 aliphatic rings. The molecule has 2 rings (SSSR count). The highest BCUT2D eigenvalue weighted by molar-refractivity contribution is 6.01. The number of carboxylic acid groups (broad SMARTS) is 1. The zero-order valence-electron chi connectivity index (χ0n) is 13.1. The van der Waals surface area contributed by atoms with E-state index in [9.17, 15) is 19.5 Å². The molecule has 1 amide bonds. The molecule has 0 spiro atoms. The van der Waals surface area contributed by atoms with E-state index >= 15 is 0 Å². The van der Waals surface area contributed by atoms with E-state index in [1.807, 2.05) is 13.8 Å². The molecule has 1 aromatic carbocycles. The molecule has 122 valence electrons. The number of amides is 1. The van der Waals surface area contributed by atoms with Gasteiger partial charge in [-0.15, -0.1) is 0 Å². The van der Waals surface area contributed by atoms with Gasteiger partial charge in [-0.2, -0.15) is 5.10 Å². The first-order valence-electron chi connectivity index (χ1n) is 7.46. The Kier molecular flexibility index (Phi) is 5.10. The van der Waals surface area contributed by atoms with Crippen LogP contribution in [0.3, 0.4) is 0 Å². The highest BCUT2D eigenvalue weighted by atomic mass is 16.4. The summed E-state index contributed by atoms with van der Waals surface area (Å²) in [7, 11) is 0. The van der Waals surface area contributed by atoms with Crippen molar-refractivity contribution in [3.05, 3.63) is 40.3 Å². The van der Waals surface area contributed by atoms with Gasteiger partial charge in [-0.25, -0.2) is 9.48 Å². The number of nitrogens with zero attached hydrogens (tertiary/aromatic N) is 2. The third-order valence-electron chi connectivity index (χ3n) is 3.49. The van der Waals surface area contributed by atoms with Crippen LogP contribution >= 0.6 is 0 Å². The van der Waals surface area contributed by atoms with Crippen molar-refractivity contribution in [1.29, 1.82) is 0 Å². The number of aromatic carboxylic acids is 1. The Morgan fingerprint density at radius 3 is 2.57 bits per heavy atom. The van der Waals surface area contributed by atoms with Crippen LogP contribution in [0.4, 0.5) is 0 Å². The van der Waals surface area contributed by atoms with Crippen molar-refractivity contribution in [2.24, 2.45) is 0 Å². The highest BCUT2D eigenvalue weighted by Crippen LogP contribution is 2.13. The zero-order chi connectivity index (χ0) is 17.0. The number of rotatable bonds is 6. The Labute approximate surface area is 132 Å². The minimum atomic E-state index is -1.24. The van der Waals surface area contributed by atoms with Gasteiger partial charge in [-0.1, -0.05) is 31.5 Å². The lowest BCUT2D eigenvalue weighted by molar-refractivity contribution is -0.122. The van der Waals surface area contributed by atoms with E-state index in [-0.39, 0.29) is 35.0 Å². The van der Waals surface area contributed by atoms with Crippen LogP contribution in [0, 0.1) is 0 Å². The Hall–Kier alpha value is -2.70. The Bertz CT molecular complexity index is 798. The summed E-state index contributed by atoms with van der Waals surface area (Å²) in [6.07, 6.45) is 1.75. The smallest absolute Gasteiger partial charge is 0.357 e. The largest absolute Gasteiger partial charge is 0.476 e. The second-order valence-electron chi connectivity index (χ2n) is 5.42. The Morgan fingerprint density at radius 1 is 1.30 bits per heavy atom. The summed E-state index contributed by atoms with van der Waals surface area (Å²) in [5.74, 6) is -1.61. The standard InChI is InChI=1S/C16H19N3O4/c1-3-6-10(2)17-13(20)9-19-15(21)12-8-5-4-7-11(12)14(18-19)16(22)23/h4-5,7-8,10H,3,6,9H2,1-2H3,(H,17,20)(H,22,23)/t10-/m1/s1. The fourth-order valence-electron chi connectivity index (χ4n) is 2.46. The summed E-state index contributed by atoms with van der Waals surface area (Å²) < 4.78 is 0.903. The van der Waals surface area contributed by atoms with Crippen molar-refractivity contribution >= 4 is 22.6 Å². The van der Waals surface area contributed by atoms with Gasteiger partial charge < -0.3 is 10.4 Å². The maximum Gasteiger partial charge on any atom is 0.357 e. The Morgan fingerprint density at radius 2 is 1.96 bits per heavy atom. The van der Waals surface area contributed by atoms with Crippen molar-refractivity contribution in [3.63, 3.8) is 0 Å². The summed E-state index contributed by atoms with van der Waals surface area (Å²) in [4.78, 5) is 35.7. The van der Waals surface area contributed by atoms with Crippen molar-refractivity contribution in [2.75, 3.05) is 0 Å². The topological polar surface area (TPSA) is 101 Å². The van der Waals surface area contributed by atoms with Gasteiger partial charge in [-0.05, 0) is 19.4 Å². The monoisotopic (exact) mass is 317 g/mol. The summed E-state index contributed by atoms with van der Waals surface area (Å²) in [5.41, 5.74) is -0.724. The van der Waals surface area contributed by atoms with Crippen LogP contribution in [0.25, 0.3) is 10.8 Å². The number of carbonyl (C=O) groups excluding carboxylic acids is 1. The molecule has 1 heterocycles. The van der Waals surface area contributed by atoms with E-state index in [1.165, 1.54) is 12.1 Å². The van der Waals surface area contributed by atoms with Gasteiger partial charge in [0.05, 0.1) is 5.39 Å². The van der Waals surface area contributed by atoms with E-state index in [1.54, 1.807) is 12.1 Å². The number of aromatic nitrogens is 2. The second-order valence-corrected chi connectivity index (χ2v) is 5.42. The SMILES string of the molecule is CCC[C@@H](C)NC(=O)Cn1nc(C(=O)O)c2ccccc2c1=O. The molecule has 0 fully saturated rings. The molecule has 2 N–H and O–H groups in total. The predicted molar refractivity (Wildman–Crippen MR) is 85.5 cm³/mol. The molecule has 1 atom stereocenters. The number of fused-ring (bicyclic) bond motifs is 1. The number of hydrogen-bond acceptors (Lipinski definition) is 4. The van der Waals surface area contributed by atoms with Gasteiger partial charge in [0, 0.05) is 11.4 Å². The summed E-state index contributed by atoms with van der Waals surface area (Å²) in [6, 6.07) is 6.33. The normalized spacial score (nSPS) is 12.1. The lowest BCUT2D eigenvalue weighted by atomic mass is 10.1. The lowest BCUT2D eigenvalue weighted by Gasteiger charge is -2.13. The van der Waals surface area contributed by atoms with Gasteiger partial charge in [0.15, 0.2) is 5.69 Å². The summed E-state index contributed by atoms with van der Waals surface area (Å²) >= 11 is 0. The van der Waals surface area contributed by atoms with E-state index in [4.69, 9.17) is 0 Å². The van der Waals surface area contributed by atoms with E-state index in [0.29, 0.717) is 0 Å². The van der Waals surface area contributed by atoms with Crippen LogP contribution < -0.4 is 10.9 Å². The second kappa shape index (κ2) is 7.04. The molecular formula is C16H19N3O4. The quantitative estimate of drug-likeness (QED) is 0.838. The highest BCUT2D eigenvalue weighted by Gasteiger charge is 2.17. The maximum atomic E-state index is 12.4. The number of nitrogens with one attached hydrogen (secondary N) is 1. The lowest BCUT2D eigenvalue weighted by Crippen LogP contribution is -2.38. The number of hydrogen-bond donors (Lipinski definition) is 2. The number of benzene rings is 1. The molecule has 23 heavy (non-hydrogen) atoms. The molecular weight excluding hydrogens is 298 g/mol. The van der Waals surface area contributed by atoms with E-state index < -0.39 is 11.5 Å². The molecule has 1 aromatic heterocycles. The predicted octanol–water partition coefficient (Wildman–Crippen LogP) is 1.40. The molecule has 0 saturated carbocycles. The first-order chi connectivity index (χ1) is 10.9. The van der Waals surface area contributed by atoms with E-state index in [0.717, 1.165) is 17.5 Å². The third kappa shape index (κ3) is 3.74. The number of carboxylic acids is 1. The summed E-state index contributed by atoms with van der Waals surface area (Å²) in [6.45, 7) is 3.58. The van der Waals surface area contributed by atoms with Gasteiger partial charge in [0.25, 0.3) is 5.56 Å². The maximum absolute atomic E-state index is 12.4. The van der Waals surface area contributed by atoms with Gasteiger partial charge >= 0.3 is 5.97 Å². The third-order valence-corrected chi connectivity index (χ3v) is 3.49. The Balaban J connectivity index is 2.38. The minimum absolute atomic E-state index is 0.0115. The van der Waals surface area contributed by atoms with Crippen molar-refractivity contribution in [3.8, 4) is 0 Å². The fraction of sp³-hybridized carbons (Fsp3) is 0.375. The van der Waals surface area contributed by atoms with Crippen LogP contribution in [0.15, 0.2) is 29.1 Å². The van der Waals surface area contributed by atoms with Gasteiger partial charge in [-0.3, -0.25) is 9.59 Å². The first-order valence-corrected chi connectivity index (χ1v) is 7.46. The van der Waals surface area contributed by atoms with Crippen LogP contribution in [0.5, 0.6) is 0 Å². The van der Waals surface area contributed by atoms with Crippen LogP contribution in [-0.2, 0) is 11.3 Å². The van der Waals surface area contributed by atoms with Crippen molar-refractivity contribution < 1.29 is 14.7 Å². The molecule has 7 nitrogen and oxygen atoms in total. The van der Waals surface area contributed by atoms with E-state index in [2.05, 4.69) is 10.4 Å². The van der Waals surface area contributed by atoms with Gasteiger partial charge in [0.1, 0.15) is 6.54 Å². The molecule has 0 unspecified atom stereocenters. The summed E-state index contributed by atoms with van der Waals surface area (Å²) in [5, 5.41) is 16.4. The van der Waals surface area contributed by atoms with Crippen molar-refractivity contribution in [1.82, 2.24) is 15.1 Å². The van der Waals surface area contributed by atoms with Crippen LogP contribution in [0.1, 0.15) is 37.2 Å². The van der Waals surface area contributed by atoms with Crippen LogP contribution in [-0.4, -0.2) is 32.8 Å². The average Bonchev–Trinajstić information content (AvgIpc) is 2.50. The minimum Gasteiger partial charge on any atom is -0.476 e. The molecule has 7 heteroatoms. The fourth-order valence-corrected chi connectivity index (χ4v) is 2.46. The van der Waals surface area contributed by atoms with Crippen molar-refractivity contribution in [2.45, 2.75) is 39.3 Å². The molecule has 2 aromatic rings. The molecule has 0 saturated heterocycles.